The quantitative estimate of drug-likeness (QED) is 0.525. The van der Waals surface area contributed by atoms with Crippen molar-refractivity contribution in [2.24, 2.45) is 5.73 Å². The first-order chi connectivity index (χ1) is 14.6. The lowest BCUT2D eigenvalue weighted by atomic mass is 9.88. The molecule has 0 atom stereocenters. The van der Waals surface area contributed by atoms with Crippen LogP contribution in [0.25, 0.3) is 11.1 Å². The smallest absolute Gasteiger partial charge is 0.249 e. The number of piperazine rings is 1. The van der Waals surface area contributed by atoms with Gasteiger partial charge in [0.1, 0.15) is 0 Å². The Morgan fingerprint density at radius 3 is 1.87 bits per heavy atom. The number of carbonyl (C=O) groups excluding carboxylic acids is 1. The molecule has 1 fully saturated rings. The zero-order chi connectivity index (χ0) is 20.9. The molecule has 4 heteroatoms. The minimum absolute atomic E-state index is 0.423. The average Bonchev–Trinajstić information content (AvgIpc) is 2.79. The molecule has 0 bridgehead atoms. The number of hydrogen-bond donors (Lipinski definition) is 1. The molecule has 3 aromatic carbocycles. The molecule has 2 N–H and O–H groups in total. The summed E-state index contributed by atoms with van der Waals surface area (Å²) < 4.78 is 0. The highest BCUT2D eigenvalue weighted by Crippen LogP contribution is 2.37. The van der Waals surface area contributed by atoms with Crippen LogP contribution in [-0.4, -0.2) is 44.0 Å². The van der Waals surface area contributed by atoms with Crippen LogP contribution in [0.15, 0.2) is 84.9 Å². The molecule has 0 saturated carbocycles. The first-order valence-electron chi connectivity index (χ1n) is 10.3. The summed E-state index contributed by atoms with van der Waals surface area (Å²) in [6.07, 6.45) is 0. The summed E-state index contributed by atoms with van der Waals surface area (Å²) in [6, 6.07) is 28.1. The molecule has 152 valence electrons. The Hall–Kier alpha value is -3.37. The fourth-order valence-electron chi connectivity index (χ4n) is 4.06. The molecule has 3 aromatic rings. The van der Waals surface area contributed by atoms with Crippen LogP contribution in [0.4, 0.5) is 5.69 Å². The molecule has 1 heterocycles. The van der Waals surface area contributed by atoms with Crippen LogP contribution in [0.2, 0.25) is 0 Å². The van der Waals surface area contributed by atoms with Crippen LogP contribution in [0.1, 0.15) is 16.7 Å². The van der Waals surface area contributed by atoms with E-state index in [-0.39, 0.29) is 0 Å². The number of amides is 1. The third kappa shape index (κ3) is 4.14. The van der Waals surface area contributed by atoms with Gasteiger partial charge in [-0.25, -0.2) is 0 Å². The number of primary amides is 1. The van der Waals surface area contributed by atoms with Crippen molar-refractivity contribution in [2.45, 2.75) is 0 Å². The van der Waals surface area contributed by atoms with Crippen LogP contribution >= 0.6 is 0 Å². The molecule has 0 unspecified atom stereocenters. The van der Waals surface area contributed by atoms with Crippen molar-refractivity contribution >= 4 is 22.7 Å². The van der Waals surface area contributed by atoms with E-state index in [1.807, 2.05) is 66.7 Å². The van der Waals surface area contributed by atoms with Crippen molar-refractivity contribution in [3.05, 3.63) is 102 Å². The Morgan fingerprint density at radius 1 is 0.733 bits per heavy atom. The van der Waals surface area contributed by atoms with E-state index in [9.17, 15) is 4.79 Å². The Bertz CT molecular complexity index is 1040. The molecule has 1 saturated heterocycles. The molecule has 0 spiro atoms. The highest BCUT2D eigenvalue weighted by Gasteiger charge is 2.23. The Balaban J connectivity index is 1.96. The van der Waals surface area contributed by atoms with Crippen molar-refractivity contribution < 1.29 is 4.79 Å². The summed E-state index contributed by atoms with van der Waals surface area (Å²) in [5.74, 6) is -0.423. The summed E-state index contributed by atoms with van der Waals surface area (Å²) >= 11 is 0. The third-order valence-electron chi connectivity index (χ3n) is 5.64. The lowest BCUT2D eigenvalue weighted by molar-refractivity contribution is -0.112. The van der Waals surface area contributed by atoms with Crippen LogP contribution in [0.5, 0.6) is 0 Å². The Morgan fingerprint density at radius 2 is 1.27 bits per heavy atom. The first kappa shape index (κ1) is 19.9. The predicted octanol–water partition coefficient (Wildman–Crippen LogP) is 3.88. The van der Waals surface area contributed by atoms with Crippen LogP contribution in [0.3, 0.4) is 0 Å². The predicted molar refractivity (Wildman–Crippen MR) is 124 cm³/mol. The maximum absolute atomic E-state index is 12.8. The van der Waals surface area contributed by atoms with E-state index in [1.54, 1.807) is 0 Å². The molecule has 1 aliphatic rings. The SMILES string of the molecule is CN1CCN(c2ccccc2C(=C(C(N)=O)c2ccccc2)c2ccccc2)CC1. The second-order valence-corrected chi connectivity index (χ2v) is 7.65. The summed E-state index contributed by atoms with van der Waals surface area (Å²) in [5.41, 5.74) is 11.4. The molecular weight excluding hydrogens is 370 g/mol. The van der Waals surface area contributed by atoms with Gasteiger partial charge in [0.25, 0.3) is 0 Å². The molecular formula is C26H27N3O. The van der Waals surface area contributed by atoms with E-state index in [1.165, 1.54) is 0 Å². The minimum atomic E-state index is -0.423. The fourth-order valence-corrected chi connectivity index (χ4v) is 4.06. The number of carbonyl (C=O) groups is 1. The van der Waals surface area contributed by atoms with Crippen molar-refractivity contribution in [2.75, 3.05) is 38.1 Å². The molecule has 30 heavy (non-hydrogen) atoms. The van der Waals surface area contributed by atoms with Crippen molar-refractivity contribution in [3.8, 4) is 0 Å². The standard InChI is InChI=1S/C26H27N3O/c1-28-16-18-29(19-17-28)23-15-9-8-14-22(23)24(20-10-4-2-5-11-20)25(26(27)30)21-12-6-3-7-13-21/h2-15H,16-19H2,1H3,(H2,27,30). The number of likely N-dealkylation sites (N-methyl/N-ethyl adjacent to an activating group) is 1. The van der Waals surface area contributed by atoms with Gasteiger partial charge in [0.15, 0.2) is 0 Å². The third-order valence-corrected chi connectivity index (χ3v) is 5.64. The number of nitrogens with zero attached hydrogens (tertiary/aromatic N) is 2. The monoisotopic (exact) mass is 397 g/mol. The van der Waals surface area contributed by atoms with Crippen LogP contribution < -0.4 is 10.6 Å². The van der Waals surface area contributed by atoms with Gasteiger partial charge in [-0.1, -0.05) is 78.9 Å². The fraction of sp³-hybridized carbons (Fsp3) is 0.192. The van der Waals surface area contributed by atoms with Gasteiger partial charge >= 0.3 is 0 Å². The van der Waals surface area contributed by atoms with Gasteiger partial charge in [-0.15, -0.1) is 0 Å². The molecule has 1 aliphatic heterocycles. The van der Waals surface area contributed by atoms with E-state index < -0.39 is 5.91 Å². The lowest BCUT2D eigenvalue weighted by Crippen LogP contribution is -2.44. The summed E-state index contributed by atoms with van der Waals surface area (Å²) in [4.78, 5) is 17.5. The largest absolute Gasteiger partial charge is 0.368 e. The van der Waals surface area contributed by atoms with E-state index in [0.29, 0.717) is 5.57 Å². The number of hydrogen-bond acceptors (Lipinski definition) is 3. The highest BCUT2D eigenvalue weighted by molar-refractivity contribution is 6.28. The van der Waals surface area contributed by atoms with Crippen LogP contribution in [0, 0.1) is 0 Å². The maximum Gasteiger partial charge on any atom is 0.249 e. The number of rotatable bonds is 5. The number of nitrogens with two attached hydrogens (primary N) is 1. The molecule has 0 aromatic heterocycles. The summed E-state index contributed by atoms with van der Waals surface area (Å²) in [5, 5.41) is 0. The van der Waals surface area contributed by atoms with Gasteiger partial charge in [0, 0.05) is 43.0 Å². The van der Waals surface area contributed by atoms with Crippen molar-refractivity contribution in [1.29, 1.82) is 0 Å². The van der Waals surface area contributed by atoms with Gasteiger partial charge in [-0.05, 0) is 24.2 Å². The van der Waals surface area contributed by atoms with E-state index >= 15 is 0 Å². The Kier molecular flexibility index (Phi) is 5.96. The second kappa shape index (κ2) is 8.97. The molecule has 4 rings (SSSR count). The highest BCUT2D eigenvalue weighted by atomic mass is 16.1. The topological polar surface area (TPSA) is 49.6 Å². The molecule has 0 radical (unpaired) electrons. The normalized spacial score (nSPS) is 15.6. The van der Waals surface area contributed by atoms with E-state index in [4.69, 9.17) is 5.73 Å². The molecule has 4 nitrogen and oxygen atoms in total. The second-order valence-electron chi connectivity index (χ2n) is 7.65. The Labute approximate surface area is 178 Å². The first-order valence-corrected chi connectivity index (χ1v) is 10.3. The zero-order valence-corrected chi connectivity index (χ0v) is 17.3. The number of anilines is 1. The van der Waals surface area contributed by atoms with Crippen LogP contribution in [-0.2, 0) is 4.79 Å². The van der Waals surface area contributed by atoms with E-state index in [2.05, 4.69) is 35.0 Å². The average molecular weight is 398 g/mol. The summed E-state index contributed by atoms with van der Waals surface area (Å²) in [6.45, 7) is 3.93. The van der Waals surface area contributed by atoms with Gasteiger partial charge in [-0.3, -0.25) is 4.79 Å². The lowest BCUT2D eigenvalue weighted by Gasteiger charge is -2.35. The van der Waals surface area contributed by atoms with Crippen molar-refractivity contribution in [3.63, 3.8) is 0 Å². The molecule has 1 amide bonds. The summed E-state index contributed by atoms with van der Waals surface area (Å²) in [7, 11) is 2.15. The molecule has 0 aliphatic carbocycles. The van der Waals surface area contributed by atoms with E-state index in [0.717, 1.165) is 54.1 Å². The van der Waals surface area contributed by atoms with Gasteiger partial charge < -0.3 is 15.5 Å². The minimum Gasteiger partial charge on any atom is -0.368 e. The van der Waals surface area contributed by atoms with Gasteiger partial charge in [0.2, 0.25) is 5.91 Å². The zero-order valence-electron chi connectivity index (χ0n) is 17.3. The number of benzene rings is 3. The van der Waals surface area contributed by atoms with Gasteiger partial charge in [0.05, 0.1) is 5.57 Å². The maximum atomic E-state index is 12.8. The number of para-hydroxylation sites is 1. The van der Waals surface area contributed by atoms with Gasteiger partial charge in [-0.2, -0.15) is 0 Å². The van der Waals surface area contributed by atoms with Crippen molar-refractivity contribution in [1.82, 2.24) is 4.90 Å².